The zero-order valence-electron chi connectivity index (χ0n) is 9.04. The van der Waals surface area contributed by atoms with Crippen molar-refractivity contribution >= 4 is 23.6 Å². The first-order valence-electron chi connectivity index (χ1n) is 4.90. The minimum absolute atomic E-state index is 0. The molecule has 0 bridgehead atoms. The summed E-state index contributed by atoms with van der Waals surface area (Å²) in [5.41, 5.74) is 1.97. The fourth-order valence-corrected chi connectivity index (χ4v) is 3.92. The Morgan fingerprint density at radius 2 is 1.53 bits per heavy atom. The third kappa shape index (κ3) is 1.90. The average molecular weight is 265 g/mol. The molecule has 1 unspecified atom stereocenters. The lowest BCUT2D eigenvalue weighted by Crippen LogP contribution is -2.16. The third-order valence-corrected chi connectivity index (χ3v) is 4.86. The Kier molecular flexibility index (Phi) is 3.06. The molecule has 17 heavy (non-hydrogen) atoms. The van der Waals surface area contributed by atoms with E-state index in [4.69, 9.17) is 16.3 Å². The molecule has 1 aliphatic rings. The lowest BCUT2D eigenvalue weighted by atomic mass is 10.0. The summed E-state index contributed by atoms with van der Waals surface area (Å²) in [7, 11) is 0. The van der Waals surface area contributed by atoms with Crippen molar-refractivity contribution in [1.82, 2.24) is 6.15 Å². The van der Waals surface area contributed by atoms with E-state index >= 15 is 0 Å². The number of hydrogen-bond acceptors (Lipinski definition) is 3. The molecule has 0 radical (unpaired) electrons. The molecular formula is C12H12NO2PS. The van der Waals surface area contributed by atoms with Crippen LogP contribution >= 0.6 is 6.49 Å². The standard InChI is InChI=1S/C12H9O2PS.H3N/c13-15(16)12-8-4-2-6-10(12)9-5-1-3-7-11(9)14-15;/h1-8H,(H,13,16);1H3. The summed E-state index contributed by atoms with van der Waals surface area (Å²) in [5.74, 6) is 0.673. The minimum atomic E-state index is -2.88. The molecule has 0 fully saturated rings. The maximum absolute atomic E-state index is 10.2. The topological polar surface area (TPSA) is 64.5 Å². The van der Waals surface area contributed by atoms with E-state index in [0.29, 0.717) is 5.75 Å². The molecule has 1 heterocycles. The van der Waals surface area contributed by atoms with E-state index in [9.17, 15) is 4.89 Å². The van der Waals surface area contributed by atoms with Gasteiger partial charge in [-0.25, -0.2) is 0 Å². The second-order valence-corrected chi connectivity index (χ2v) is 6.82. The highest BCUT2D eigenvalue weighted by Gasteiger charge is 2.29. The third-order valence-electron chi connectivity index (χ3n) is 2.61. The van der Waals surface area contributed by atoms with Crippen LogP contribution in [0.5, 0.6) is 5.75 Å². The second kappa shape index (κ2) is 4.24. The molecule has 4 N–H and O–H groups in total. The van der Waals surface area contributed by atoms with Crippen molar-refractivity contribution in [3.05, 3.63) is 48.5 Å². The maximum atomic E-state index is 10.2. The molecule has 88 valence electrons. The lowest BCUT2D eigenvalue weighted by molar-refractivity contribution is 0.494. The summed E-state index contributed by atoms with van der Waals surface area (Å²) in [4.78, 5) is 10.2. The Morgan fingerprint density at radius 3 is 2.29 bits per heavy atom. The van der Waals surface area contributed by atoms with Crippen molar-refractivity contribution in [2.24, 2.45) is 0 Å². The molecule has 0 amide bonds. The van der Waals surface area contributed by atoms with E-state index in [0.717, 1.165) is 16.4 Å². The number of hydrogen-bond donors (Lipinski definition) is 2. The summed E-state index contributed by atoms with van der Waals surface area (Å²) in [5, 5.41) is 0.740. The molecule has 0 spiro atoms. The van der Waals surface area contributed by atoms with Crippen molar-refractivity contribution in [2.45, 2.75) is 0 Å². The summed E-state index contributed by atoms with van der Waals surface area (Å²) < 4.78 is 5.53. The van der Waals surface area contributed by atoms with Gasteiger partial charge in [0.05, 0.1) is 5.30 Å². The second-order valence-electron chi connectivity index (χ2n) is 3.63. The van der Waals surface area contributed by atoms with Gasteiger partial charge in [0.1, 0.15) is 5.75 Å². The number of fused-ring (bicyclic) bond motifs is 3. The zero-order valence-corrected chi connectivity index (χ0v) is 10.7. The molecule has 0 saturated heterocycles. The van der Waals surface area contributed by atoms with E-state index in [2.05, 4.69) is 0 Å². The Hall–Kier alpha value is -1.19. The van der Waals surface area contributed by atoms with Crippen LogP contribution in [0.3, 0.4) is 0 Å². The zero-order chi connectivity index (χ0) is 11.2. The molecule has 0 aliphatic carbocycles. The van der Waals surface area contributed by atoms with Crippen LogP contribution in [0, 0.1) is 0 Å². The summed E-state index contributed by atoms with van der Waals surface area (Å²) in [6, 6.07) is 15.3. The van der Waals surface area contributed by atoms with Crippen LogP contribution < -0.4 is 16.0 Å². The Bertz CT molecular complexity index is 615. The van der Waals surface area contributed by atoms with Crippen LogP contribution in [0.25, 0.3) is 11.1 Å². The average Bonchev–Trinajstić information content (AvgIpc) is 2.29. The Balaban J connectivity index is 0.00000108. The van der Waals surface area contributed by atoms with E-state index < -0.39 is 6.49 Å². The molecule has 3 nitrogen and oxygen atoms in total. The van der Waals surface area contributed by atoms with Gasteiger partial charge in [-0.05, 0) is 29.5 Å². The van der Waals surface area contributed by atoms with Gasteiger partial charge in [0.25, 0.3) is 6.49 Å². The molecule has 3 rings (SSSR count). The largest absolute Gasteiger partial charge is 0.440 e. The van der Waals surface area contributed by atoms with Gasteiger partial charge >= 0.3 is 0 Å². The molecule has 2 aromatic carbocycles. The van der Waals surface area contributed by atoms with Gasteiger partial charge in [-0.2, -0.15) is 0 Å². The van der Waals surface area contributed by atoms with Gasteiger partial charge in [-0.1, -0.05) is 36.4 Å². The van der Waals surface area contributed by atoms with Gasteiger partial charge in [0.15, 0.2) is 0 Å². The monoisotopic (exact) mass is 265 g/mol. The van der Waals surface area contributed by atoms with Crippen LogP contribution in [0.1, 0.15) is 0 Å². The van der Waals surface area contributed by atoms with Gasteiger partial charge in [-0.3, -0.25) is 0 Å². The van der Waals surface area contributed by atoms with Crippen molar-refractivity contribution in [1.29, 1.82) is 0 Å². The van der Waals surface area contributed by atoms with Crippen LogP contribution in [-0.2, 0) is 11.8 Å². The highest BCUT2D eigenvalue weighted by Crippen LogP contribution is 2.51. The van der Waals surface area contributed by atoms with Gasteiger partial charge < -0.3 is 15.6 Å². The first-order valence-corrected chi connectivity index (χ1v) is 7.57. The van der Waals surface area contributed by atoms with E-state index in [1.807, 2.05) is 48.5 Å². The first-order chi connectivity index (χ1) is 7.68. The maximum Gasteiger partial charge on any atom is 0.267 e. The molecule has 1 aliphatic heterocycles. The molecule has 0 saturated carbocycles. The number of rotatable bonds is 0. The summed E-state index contributed by atoms with van der Waals surface area (Å²) in [6.45, 7) is -2.88. The Morgan fingerprint density at radius 1 is 0.941 bits per heavy atom. The normalized spacial score (nSPS) is 20.5. The summed E-state index contributed by atoms with van der Waals surface area (Å²) in [6.07, 6.45) is 0. The minimum Gasteiger partial charge on any atom is -0.440 e. The SMILES string of the molecule is N.OP1(=S)Oc2ccccc2-c2ccccc21. The van der Waals surface area contributed by atoms with Gasteiger partial charge in [-0.15, -0.1) is 0 Å². The quantitative estimate of drug-likeness (QED) is 0.719. The van der Waals surface area contributed by atoms with E-state index in [1.54, 1.807) is 0 Å². The van der Waals surface area contributed by atoms with Gasteiger partial charge in [0, 0.05) is 5.56 Å². The summed E-state index contributed by atoms with van der Waals surface area (Å²) >= 11 is 5.17. The Labute approximate surface area is 105 Å². The highest BCUT2D eigenvalue weighted by molar-refractivity contribution is 8.13. The van der Waals surface area contributed by atoms with Gasteiger partial charge in [0.2, 0.25) is 0 Å². The van der Waals surface area contributed by atoms with Crippen molar-refractivity contribution < 1.29 is 9.42 Å². The predicted octanol–water partition coefficient (Wildman–Crippen LogP) is 2.84. The molecule has 1 atom stereocenters. The van der Waals surface area contributed by atoms with E-state index in [1.165, 1.54) is 0 Å². The highest BCUT2D eigenvalue weighted by atomic mass is 32.5. The molecular weight excluding hydrogens is 253 g/mol. The van der Waals surface area contributed by atoms with E-state index in [-0.39, 0.29) is 6.15 Å². The molecule has 2 aromatic rings. The van der Waals surface area contributed by atoms with Crippen molar-refractivity contribution in [3.63, 3.8) is 0 Å². The fraction of sp³-hybridized carbons (Fsp3) is 0. The molecule has 5 heteroatoms. The fourth-order valence-electron chi connectivity index (χ4n) is 1.90. The van der Waals surface area contributed by atoms with Crippen molar-refractivity contribution in [2.75, 3.05) is 0 Å². The number of para-hydroxylation sites is 1. The van der Waals surface area contributed by atoms with Crippen LogP contribution in [-0.4, -0.2) is 4.89 Å². The van der Waals surface area contributed by atoms with Crippen LogP contribution in [0.4, 0.5) is 0 Å². The van der Waals surface area contributed by atoms with Crippen LogP contribution in [0.15, 0.2) is 48.5 Å². The predicted molar refractivity (Wildman–Crippen MR) is 73.7 cm³/mol. The van der Waals surface area contributed by atoms with Crippen molar-refractivity contribution in [3.8, 4) is 16.9 Å². The number of benzene rings is 2. The van der Waals surface area contributed by atoms with Crippen LogP contribution in [0.2, 0.25) is 0 Å². The molecule has 0 aromatic heterocycles. The lowest BCUT2D eigenvalue weighted by Gasteiger charge is -2.27. The first kappa shape index (κ1) is 12.3. The smallest absolute Gasteiger partial charge is 0.267 e.